The number of para-hydroxylation sites is 2. The number of hydrogen-bond acceptors (Lipinski definition) is 4. The van der Waals surface area contributed by atoms with Crippen LogP contribution in [0.5, 0.6) is 11.5 Å². The zero-order valence-corrected chi connectivity index (χ0v) is 13.5. The first-order chi connectivity index (χ1) is 10.4. The maximum absolute atomic E-state index is 12.4. The minimum Gasteiger partial charge on any atom is -0.506 e. The second kappa shape index (κ2) is 6.89. The first-order valence-electron chi connectivity index (χ1n) is 6.67. The molecule has 0 fully saturated rings. The highest BCUT2D eigenvalue weighted by Crippen LogP contribution is 2.30. The Kier molecular flexibility index (Phi) is 5.15. The molecule has 0 heterocycles. The number of sulfonamides is 1. The molecule has 2 rings (SSSR count). The minimum atomic E-state index is -3.85. The van der Waals surface area contributed by atoms with Crippen molar-refractivity contribution in [1.29, 1.82) is 0 Å². The number of phenols is 1. The molecule has 0 spiro atoms. The van der Waals surface area contributed by atoms with Gasteiger partial charge in [0.1, 0.15) is 11.5 Å². The quantitative estimate of drug-likeness (QED) is 0.786. The lowest BCUT2D eigenvalue weighted by Crippen LogP contribution is -2.13. The van der Waals surface area contributed by atoms with Gasteiger partial charge in [0.05, 0.1) is 22.2 Å². The van der Waals surface area contributed by atoms with Crippen molar-refractivity contribution in [2.75, 3.05) is 11.3 Å². The van der Waals surface area contributed by atoms with E-state index in [2.05, 4.69) is 4.72 Å². The van der Waals surface area contributed by atoms with Crippen molar-refractivity contribution in [3.63, 3.8) is 0 Å². The number of aromatic hydroxyl groups is 1. The van der Waals surface area contributed by atoms with E-state index < -0.39 is 10.0 Å². The van der Waals surface area contributed by atoms with E-state index in [1.165, 1.54) is 30.3 Å². The highest BCUT2D eigenvalue weighted by atomic mass is 35.5. The fraction of sp³-hybridized carbons (Fsp3) is 0.200. The van der Waals surface area contributed by atoms with Gasteiger partial charge < -0.3 is 9.84 Å². The smallest absolute Gasteiger partial charge is 0.262 e. The Morgan fingerprint density at radius 2 is 1.95 bits per heavy atom. The lowest BCUT2D eigenvalue weighted by Gasteiger charge is -2.12. The molecule has 2 N–H and O–H groups in total. The number of halogens is 1. The Hall–Kier alpha value is -1.92. The van der Waals surface area contributed by atoms with Crippen LogP contribution in [0.4, 0.5) is 5.69 Å². The van der Waals surface area contributed by atoms with Gasteiger partial charge in [-0.3, -0.25) is 4.72 Å². The SMILES string of the molecule is CCCOc1cc(S(=O)(=O)Nc2ccccc2O)ccc1Cl. The number of anilines is 1. The summed E-state index contributed by atoms with van der Waals surface area (Å²) in [6, 6.07) is 10.3. The molecule has 0 saturated heterocycles. The average Bonchev–Trinajstić information content (AvgIpc) is 2.48. The number of phenolic OH excluding ortho intramolecular Hbond substituents is 1. The predicted octanol–water partition coefficient (Wildman–Crippen LogP) is 3.64. The van der Waals surface area contributed by atoms with Crippen molar-refractivity contribution in [1.82, 2.24) is 0 Å². The average molecular weight is 342 g/mol. The lowest BCUT2D eigenvalue weighted by molar-refractivity contribution is 0.317. The molecule has 0 saturated carbocycles. The maximum Gasteiger partial charge on any atom is 0.262 e. The fourth-order valence-electron chi connectivity index (χ4n) is 1.74. The van der Waals surface area contributed by atoms with Crippen LogP contribution >= 0.6 is 11.6 Å². The van der Waals surface area contributed by atoms with Gasteiger partial charge in [-0.05, 0) is 30.7 Å². The summed E-state index contributed by atoms with van der Waals surface area (Å²) >= 11 is 5.99. The molecule has 7 heteroatoms. The van der Waals surface area contributed by atoms with E-state index in [0.29, 0.717) is 17.4 Å². The fourth-order valence-corrected chi connectivity index (χ4v) is 3.00. The molecule has 0 aliphatic carbocycles. The Morgan fingerprint density at radius 3 is 2.64 bits per heavy atom. The van der Waals surface area contributed by atoms with E-state index in [4.69, 9.17) is 16.3 Å². The van der Waals surface area contributed by atoms with Crippen LogP contribution in [0.2, 0.25) is 5.02 Å². The van der Waals surface area contributed by atoms with Gasteiger partial charge in [0.15, 0.2) is 0 Å². The Labute approximate surface area is 134 Å². The molecular formula is C15H16ClNO4S. The van der Waals surface area contributed by atoms with Crippen LogP contribution in [-0.4, -0.2) is 20.1 Å². The van der Waals surface area contributed by atoms with E-state index in [9.17, 15) is 13.5 Å². The van der Waals surface area contributed by atoms with E-state index in [1.807, 2.05) is 6.92 Å². The predicted molar refractivity (Wildman–Crippen MR) is 86.2 cm³/mol. The number of benzene rings is 2. The summed E-state index contributed by atoms with van der Waals surface area (Å²) in [6.45, 7) is 2.38. The molecular weight excluding hydrogens is 326 g/mol. The first kappa shape index (κ1) is 16.5. The number of hydrogen-bond donors (Lipinski definition) is 2. The second-order valence-corrected chi connectivity index (χ2v) is 6.65. The lowest BCUT2D eigenvalue weighted by atomic mass is 10.3. The summed E-state index contributed by atoms with van der Waals surface area (Å²) in [5.74, 6) is 0.158. The Bertz CT molecular complexity index is 762. The van der Waals surface area contributed by atoms with Gasteiger partial charge in [0.2, 0.25) is 0 Å². The number of ether oxygens (including phenoxy) is 1. The van der Waals surface area contributed by atoms with Crippen molar-refractivity contribution in [2.45, 2.75) is 18.2 Å². The van der Waals surface area contributed by atoms with E-state index >= 15 is 0 Å². The second-order valence-electron chi connectivity index (χ2n) is 4.56. The van der Waals surface area contributed by atoms with Gasteiger partial charge in [-0.25, -0.2) is 8.42 Å². The summed E-state index contributed by atoms with van der Waals surface area (Å²) in [5.41, 5.74) is 0.105. The summed E-state index contributed by atoms with van der Waals surface area (Å²) in [7, 11) is -3.85. The molecule has 2 aromatic carbocycles. The Balaban J connectivity index is 2.31. The first-order valence-corrected chi connectivity index (χ1v) is 8.53. The maximum atomic E-state index is 12.4. The van der Waals surface area contributed by atoms with Crippen LogP contribution in [0.15, 0.2) is 47.4 Å². The van der Waals surface area contributed by atoms with Gasteiger partial charge in [-0.2, -0.15) is 0 Å². The third kappa shape index (κ3) is 3.84. The minimum absolute atomic E-state index is 0.00579. The monoisotopic (exact) mass is 341 g/mol. The molecule has 0 amide bonds. The number of rotatable bonds is 6. The van der Waals surface area contributed by atoms with Crippen LogP contribution in [0.1, 0.15) is 13.3 Å². The zero-order chi connectivity index (χ0) is 16.2. The molecule has 0 atom stereocenters. The highest BCUT2D eigenvalue weighted by Gasteiger charge is 2.18. The number of nitrogens with one attached hydrogen (secondary N) is 1. The van der Waals surface area contributed by atoms with Crippen LogP contribution in [0, 0.1) is 0 Å². The highest BCUT2D eigenvalue weighted by molar-refractivity contribution is 7.92. The standard InChI is InChI=1S/C15H16ClNO4S/c1-2-9-21-15-10-11(7-8-12(15)16)22(19,20)17-13-5-3-4-6-14(13)18/h3-8,10,17-18H,2,9H2,1H3. The topological polar surface area (TPSA) is 75.6 Å². The molecule has 0 radical (unpaired) electrons. The molecule has 0 aliphatic rings. The van der Waals surface area contributed by atoms with Gasteiger partial charge in [-0.15, -0.1) is 0 Å². The van der Waals surface area contributed by atoms with E-state index in [0.717, 1.165) is 6.42 Å². The largest absolute Gasteiger partial charge is 0.506 e. The molecule has 0 unspecified atom stereocenters. The summed E-state index contributed by atoms with van der Waals surface area (Å²) in [6.07, 6.45) is 0.781. The Morgan fingerprint density at radius 1 is 1.23 bits per heavy atom. The van der Waals surface area contributed by atoms with Crippen LogP contribution in [-0.2, 0) is 10.0 Å². The molecule has 118 valence electrons. The summed E-state index contributed by atoms with van der Waals surface area (Å²) in [5, 5.41) is 10.0. The summed E-state index contributed by atoms with van der Waals surface area (Å²) in [4.78, 5) is 0.00579. The van der Waals surface area contributed by atoms with Crippen molar-refractivity contribution < 1.29 is 18.3 Å². The van der Waals surface area contributed by atoms with Crippen LogP contribution in [0.25, 0.3) is 0 Å². The van der Waals surface area contributed by atoms with Gasteiger partial charge in [-0.1, -0.05) is 30.7 Å². The van der Waals surface area contributed by atoms with Crippen LogP contribution in [0.3, 0.4) is 0 Å². The van der Waals surface area contributed by atoms with Gasteiger partial charge in [0.25, 0.3) is 10.0 Å². The third-order valence-corrected chi connectivity index (χ3v) is 4.50. The molecule has 0 aromatic heterocycles. The van der Waals surface area contributed by atoms with Crippen LogP contribution < -0.4 is 9.46 Å². The molecule has 2 aromatic rings. The third-order valence-electron chi connectivity index (χ3n) is 2.82. The molecule has 0 bridgehead atoms. The van der Waals surface area contributed by atoms with Gasteiger partial charge in [0, 0.05) is 6.07 Å². The normalized spacial score (nSPS) is 11.2. The van der Waals surface area contributed by atoms with Crippen molar-refractivity contribution >= 4 is 27.3 Å². The molecule has 0 aliphatic heterocycles. The van der Waals surface area contributed by atoms with Crippen molar-refractivity contribution in [3.8, 4) is 11.5 Å². The van der Waals surface area contributed by atoms with E-state index in [-0.39, 0.29) is 16.3 Å². The van der Waals surface area contributed by atoms with Crippen molar-refractivity contribution in [3.05, 3.63) is 47.5 Å². The van der Waals surface area contributed by atoms with E-state index in [1.54, 1.807) is 12.1 Å². The van der Waals surface area contributed by atoms with Crippen molar-refractivity contribution in [2.24, 2.45) is 0 Å². The van der Waals surface area contributed by atoms with Gasteiger partial charge >= 0.3 is 0 Å². The summed E-state index contributed by atoms with van der Waals surface area (Å²) < 4.78 is 32.5. The molecule has 5 nitrogen and oxygen atoms in total. The molecule has 22 heavy (non-hydrogen) atoms. The zero-order valence-electron chi connectivity index (χ0n) is 11.9.